The summed E-state index contributed by atoms with van der Waals surface area (Å²) in [6.07, 6.45) is 1.97. The van der Waals surface area contributed by atoms with Gasteiger partial charge in [0.25, 0.3) is 11.5 Å². The van der Waals surface area contributed by atoms with Crippen LogP contribution in [0.25, 0.3) is 5.65 Å². The Morgan fingerprint density at radius 1 is 1.29 bits per heavy atom. The number of nitrogens with zero attached hydrogens (tertiary/aromatic N) is 3. The van der Waals surface area contributed by atoms with Crippen molar-refractivity contribution < 1.29 is 18.7 Å². The summed E-state index contributed by atoms with van der Waals surface area (Å²) >= 11 is 0. The van der Waals surface area contributed by atoms with E-state index in [0.717, 1.165) is 5.56 Å². The summed E-state index contributed by atoms with van der Waals surface area (Å²) in [6.45, 7) is 5.81. The number of carboxylic acid groups (broad SMARTS) is 1. The van der Waals surface area contributed by atoms with Gasteiger partial charge in [0.2, 0.25) is 0 Å². The van der Waals surface area contributed by atoms with Gasteiger partial charge < -0.3 is 15.3 Å². The summed E-state index contributed by atoms with van der Waals surface area (Å²) in [5, 5.41) is 12.7. The molecule has 3 aromatic rings. The highest BCUT2D eigenvalue weighted by molar-refractivity contribution is 5.94. The van der Waals surface area contributed by atoms with Crippen molar-refractivity contribution in [3.8, 4) is 0 Å². The fourth-order valence-electron chi connectivity index (χ4n) is 5.42. The molecule has 1 saturated carbocycles. The predicted octanol–water partition coefficient (Wildman–Crippen LogP) is 4.42. The summed E-state index contributed by atoms with van der Waals surface area (Å²) in [4.78, 5) is 31.3. The molecule has 2 aromatic heterocycles. The molecular weight excluding hydrogens is 442 g/mol. The largest absolute Gasteiger partial charge is 0.478 e. The Bertz CT molecular complexity index is 1370. The van der Waals surface area contributed by atoms with E-state index in [4.69, 9.17) is 4.98 Å². The molecule has 3 atom stereocenters. The molecule has 7 nitrogen and oxygen atoms in total. The number of alkyl halides is 2. The van der Waals surface area contributed by atoms with Gasteiger partial charge in [0.05, 0.1) is 23.2 Å². The number of para-hydroxylation sites is 1. The maximum absolute atomic E-state index is 14.5. The summed E-state index contributed by atoms with van der Waals surface area (Å²) in [5.41, 5.74) is 2.48. The second kappa shape index (κ2) is 7.78. The molecule has 1 aromatic carbocycles. The minimum absolute atomic E-state index is 0.106. The van der Waals surface area contributed by atoms with E-state index in [1.807, 2.05) is 19.9 Å². The number of carboxylic acids is 1. The molecule has 5 rings (SSSR count). The number of carbonyl (C=O) groups is 1. The average Bonchev–Trinajstić information content (AvgIpc) is 3.32. The van der Waals surface area contributed by atoms with E-state index in [9.17, 15) is 23.5 Å². The first-order valence-electron chi connectivity index (χ1n) is 11.3. The molecule has 178 valence electrons. The van der Waals surface area contributed by atoms with Gasteiger partial charge in [-0.05, 0) is 56.9 Å². The minimum atomic E-state index is -2.80. The number of rotatable bonds is 5. The van der Waals surface area contributed by atoms with Crippen LogP contribution in [0.1, 0.15) is 52.9 Å². The third-order valence-electron chi connectivity index (χ3n) is 6.99. The lowest BCUT2D eigenvalue weighted by Gasteiger charge is -2.34. The third-order valence-corrected chi connectivity index (χ3v) is 6.99. The van der Waals surface area contributed by atoms with Crippen LogP contribution in [0.15, 0.2) is 41.3 Å². The second-order valence-electron chi connectivity index (χ2n) is 9.48. The fraction of sp³-hybridized carbons (Fsp3) is 0.400. The molecule has 2 fully saturated rings. The molecule has 0 unspecified atom stereocenters. The number of aromatic carboxylic acids is 1. The van der Waals surface area contributed by atoms with Gasteiger partial charge in [-0.2, -0.15) is 0 Å². The standard InChI is InChI=1S/C25H26F2N4O3/c1-13-8-18(15(3)28-19-7-5-4-6-17(19)24(33)34)22-29-21(14(2)23(32)31(22)11-13)30-12-16-9-20(30)25(26,27)10-16/h4-8,11,15-16,20,28H,9-10,12H2,1-3H3,(H,33,34)/t15-,16+,20-/m1/s1. The average molecular weight is 469 g/mol. The van der Waals surface area contributed by atoms with Gasteiger partial charge in [0.1, 0.15) is 11.5 Å². The predicted molar refractivity (Wildman–Crippen MR) is 125 cm³/mol. The summed E-state index contributed by atoms with van der Waals surface area (Å²) in [5.74, 6) is -3.65. The number of halogens is 2. The number of benzene rings is 1. The summed E-state index contributed by atoms with van der Waals surface area (Å²) in [7, 11) is 0. The maximum Gasteiger partial charge on any atom is 0.337 e. The first-order chi connectivity index (χ1) is 16.1. The van der Waals surface area contributed by atoms with E-state index in [0.29, 0.717) is 41.2 Å². The van der Waals surface area contributed by atoms with Crippen molar-refractivity contribution in [1.29, 1.82) is 0 Å². The Morgan fingerprint density at radius 3 is 2.71 bits per heavy atom. The number of nitrogens with one attached hydrogen (secondary N) is 1. The highest BCUT2D eigenvalue weighted by Crippen LogP contribution is 2.49. The van der Waals surface area contributed by atoms with Gasteiger partial charge in [-0.3, -0.25) is 9.20 Å². The second-order valence-corrected chi connectivity index (χ2v) is 9.48. The first kappa shape index (κ1) is 22.3. The third kappa shape index (κ3) is 3.50. The normalized spacial score (nSPS) is 21.7. The lowest BCUT2D eigenvalue weighted by atomic mass is 10.0. The molecule has 1 aliphatic heterocycles. The van der Waals surface area contributed by atoms with Crippen molar-refractivity contribution in [1.82, 2.24) is 9.38 Å². The fourth-order valence-corrected chi connectivity index (χ4v) is 5.42. The smallest absolute Gasteiger partial charge is 0.337 e. The molecule has 9 heteroatoms. The number of fused-ring (bicyclic) bond motifs is 3. The molecule has 2 bridgehead atoms. The SMILES string of the molecule is Cc1cc([C@@H](C)Nc2ccccc2C(=O)O)c2nc(N3C[C@H]4C[C@@H]3C(F)(F)C4)c(C)c(=O)n2c1. The van der Waals surface area contributed by atoms with Gasteiger partial charge in [0.15, 0.2) is 0 Å². The molecule has 0 amide bonds. The first-order valence-corrected chi connectivity index (χ1v) is 11.3. The van der Waals surface area contributed by atoms with Crippen molar-refractivity contribution >= 4 is 23.1 Å². The van der Waals surface area contributed by atoms with E-state index in [2.05, 4.69) is 5.32 Å². The molecule has 0 spiro atoms. The molecule has 1 aliphatic carbocycles. The number of anilines is 2. The summed E-state index contributed by atoms with van der Waals surface area (Å²) in [6, 6.07) is 7.10. The number of piperidine rings is 1. The van der Waals surface area contributed by atoms with Crippen LogP contribution in [0, 0.1) is 19.8 Å². The Kier molecular flexibility index (Phi) is 5.11. The summed E-state index contributed by atoms with van der Waals surface area (Å²) < 4.78 is 30.5. The number of aromatic nitrogens is 2. The monoisotopic (exact) mass is 468 g/mol. The van der Waals surface area contributed by atoms with Crippen LogP contribution >= 0.6 is 0 Å². The Morgan fingerprint density at radius 2 is 2.03 bits per heavy atom. The Labute approximate surface area is 195 Å². The van der Waals surface area contributed by atoms with Gasteiger partial charge in [-0.25, -0.2) is 18.6 Å². The van der Waals surface area contributed by atoms with E-state index in [-0.39, 0.29) is 23.5 Å². The van der Waals surface area contributed by atoms with E-state index in [1.54, 1.807) is 36.2 Å². The molecule has 1 saturated heterocycles. The topological polar surface area (TPSA) is 86.9 Å². The maximum atomic E-state index is 14.5. The van der Waals surface area contributed by atoms with Crippen LogP contribution in [-0.2, 0) is 0 Å². The van der Waals surface area contributed by atoms with Crippen LogP contribution in [0.3, 0.4) is 0 Å². The molecule has 0 radical (unpaired) electrons. The van der Waals surface area contributed by atoms with Crippen LogP contribution in [-0.4, -0.2) is 39.0 Å². The zero-order chi connectivity index (χ0) is 24.4. The van der Waals surface area contributed by atoms with Crippen molar-refractivity contribution in [2.75, 3.05) is 16.8 Å². The zero-order valence-corrected chi connectivity index (χ0v) is 19.2. The van der Waals surface area contributed by atoms with Crippen LogP contribution in [0.5, 0.6) is 0 Å². The Balaban J connectivity index is 1.62. The van der Waals surface area contributed by atoms with Crippen LogP contribution < -0.4 is 15.8 Å². The lowest BCUT2D eigenvalue weighted by Crippen LogP contribution is -2.47. The van der Waals surface area contributed by atoms with E-state index < -0.39 is 24.0 Å². The van der Waals surface area contributed by atoms with Gasteiger partial charge in [-0.1, -0.05) is 12.1 Å². The number of hydrogen-bond acceptors (Lipinski definition) is 5. The van der Waals surface area contributed by atoms with Crippen molar-refractivity contribution in [2.45, 2.75) is 51.6 Å². The lowest BCUT2D eigenvalue weighted by molar-refractivity contribution is -0.0207. The van der Waals surface area contributed by atoms with Crippen molar-refractivity contribution in [3.05, 3.63) is 69.1 Å². The molecular formula is C25H26F2N4O3. The van der Waals surface area contributed by atoms with E-state index >= 15 is 0 Å². The zero-order valence-electron chi connectivity index (χ0n) is 19.2. The number of hydrogen-bond donors (Lipinski definition) is 2. The number of aryl methyl sites for hydroxylation is 1. The Hall–Kier alpha value is -3.49. The van der Waals surface area contributed by atoms with Gasteiger partial charge >= 0.3 is 5.97 Å². The highest BCUT2D eigenvalue weighted by atomic mass is 19.3. The quantitative estimate of drug-likeness (QED) is 0.577. The molecule has 2 aliphatic rings. The van der Waals surface area contributed by atoms with Gasteiger partial charge in [0, 0.05) is 30.4 Å². The van der Waals surface area contributed by atoms with Crippen molar-refractivity contribution in [3.63, 3.8) is 0 Å². The van der Waals surface area contributed by atoms with Gasteiger partial charge in [-0.15, -0.1) is 0 Å². The number of pyridine rings is 1. The highest BCUT2D eigenvalue weighted by Gasteiger charge is 2.57. The van der Waals surface area contributed by atoms with Crippen molar-refractivity contribution in [2.24, 2.45) is 5.92 Å². The minimum Gasteiger partial charge on any atom is -0.478 e. The molecule has 2 N–H and O–H groups in total. The van der Waals surface area contributed by atoms with Crippen LogP contribution in [0.2, 0.25) is 0 Å². The molecule has 3 heterocycles. The molecule has 34 heavy (non-hydrogen) atoms. The van der Waals surface area contributed by atoms with E-state index in [1.165, 1.54) is 10.5 Å². The van der Waals surface area contributed by atoms with Crippen LogP contribution in [0.4, 0.5) is 20.3 Å².